The van der Waals surface area contributed by atoms with Gasteiger partial charge in [-0.15, -0.1) is 0 Å². The average molecular weight is 739 g/mol. The number of allylic oxidation sites excluding steroid dienone is 1. The summed E-state index contributed by atoms with van der Waals surface area (Å²) in [6.07, 6.45) is 8.80. The maximum absolute atomic E-state index is 13.8. The number of morpholine rings is 1. The molecule has 8 atom stereocenters. The molecule has 12 nitrogen and oxygen atoms in total. The van der Waals surface area contributed by atoms with Crippen LogP contribution in [0.15, 0.2) is 78.5 Å². The highest BCUT2D eigenvalue weighted by Crippen LogP contribution is 2.62. The van der Waals surface area contributed by atoms with Crippen molar-refractivity contribution in [3.8, 4) is 0 Å². The normalized spacial score (nSPS) is 30.9. The summed E-state index contributed by atoms with van der Waals surface area (Å²) in [5, 5.41) is 29.5. The quantitative estimate of drug-likeness (QED) is 0.156. The van der Waals surface area contributed by atoms with Crippen molar-refractivity contribution in [2.24, 2.45) is 29.7 Å². The van der Waals surface area contributed by atoms with Gasteiger partial charge in [0, 0.05) is 37.8 Å². The first-order valence-electron chi connectivity index (χ1n) is 19.2. The molecule has 288 valence electrons. The second-order valence-electron chi connectivity index (χ2n) is 16.2. The predicted molar refractivity (Wildman–Crippen MR) is 207 cm³/mol. The molecule has 4 N–H and O–H groups in total. The van der Waals surface area contributed by atoms with E-state index in [1.54, 1.807) is 12.5 Å². The molecule has 0 amide bonds. The molecule has 3 fully saturated rings. The SMILES string of the molecule is C=C1C(NC(C)C(=O)CN2CCOCC2)CC2[C@](C)(CC[C@@H](O)[C@@]2(C)CO)C1CC(Nc1ccccn1)C1=C/C(=C\c2ccc3c(c2)ncn3C)OC1=O. The first-order valence-corrected chi connectivity index (χ1v) is 19.2. The standard InChI is InChI=1S/C42H54N6O6/c1-26-31(41(3)12-11-38(51)42(4,24-49)37(41)22-32(26)45-27(2)36(50)23-48-14-16-53-17-15-48)21-33(46-39-8-6-7-13-43-39)30-20-29(54-40(30)52)18-28-9-10-35-34(19-28)44-25-47(35)5/h6-10,13,18-20,25,27,31-33,37-38,45,49,51H,1,11-12,14-17,21-24H2,2-5H3,(H,43,46)/b29-18+/t27?,31?,32?,33?,37?,38-,41-,42+/m1/s1. The van der Waals surface area contributed by atoms with E-state index in [2.05, 4.69) is 32.4 Å². The number of carbonyl (C=O) groups is 2. The number of ketones is 1. The van der Waals surface area contributed by atoms with Crippen molar-refractivity contribution < 1.29 is 29.3 Å². The van der Waals surface area contributed by atoms with Gasteiger partial charge in [-0.2, -0.15) is 0 Å². The lowest BCUT2D eigenvalue weighted by molar-refractivity contribution is -0.156. The Labute approximate surface area is 317 Å². The van der Waals surface area contributed by atoms with Crippen LogP contribution in [0, 0.1) is 22.7 Å². The molecular formula is C42H54N6O6. The number of anilines is 1. The summed E-state index contributed by atoms with van der Waals surface area (Å²) in [4.78, 5) is 38.5. The van der Waals surface area contributed by atoms with E-state index in [9.17, 15) is 19.8 Å². The fraction of sp³-hybridized carbons (Fsp3) is 0.524. The minimum atomic E-state index is -0.771. The van der Waals surface area contributed by atoms with E-state index in [1.165, 1.54) is 0 Å². The molecule has 2 aliphatic heterocycles. The Morgan fingerprint density at radius 2 is 1.98 bits per heavy atom. The molecular weight excluding hydrogens is 684 g/mol. The van der Waals surface area contributed by atoms with Gasteiger partial charge in [0.25, 0.3) is 0 Å². The number of hydrogen-bond donors (Lipinski definition) is 4. The second kappa shape index (κ2) is 15.5. The molecule has 2 aliphatic carbocycles. The van der Waals surface area contributed by atoms with Crippen molar-refractivity contribution in [3.05, 3.63) is 84.0 Å². The fourth-order valence-electron chi connectivity index (χ4n) is 9.52. The van der Waals surface area contributed by atoms with Crippen LogP contribution in [-0.4, -0.2) is 105 Å². The van der Waals surface area contributed by atoms with E-state index < -0.39 is 29.6 Å². The van der Waals surface area contributed by atoms with E-state index >= 15 is 0 Å². The maximum atomic E-state index is 13.8. The summed E-state index contributed by atoms with van der Waals surface area (Å²) in [6.45, 7) is 13.7. The fourth-order valence-corrected chi connectivity index (χ4v) is 9.52. The van der Waals surface area contributed by atoms with Crippen LogP contribution >= 0.6 is 0 Å². The number of hydrogen-bond acceptors (Lipinski definition) is 11. The zero-order chi connectivity index (χ0) is 38.2. The molecule has 4 aliphatic rings. The third kappa shape index (κ3) is 7.42. The van der Waals surface area contributed by atoms with Gasteiger partial charge < -0.3 is 34.9 Å². The lowest BCUT2D eigenvalue weighted by atomic mass is 9.45. The van der Waals surface area contributed by atoms with E-state index in [4.69, 9.17) is 16.1 Å². The van der Waals surface area contributed by atoms with E-state index in [0.717, 1.165) is 41.7 Å². The summed E-state index contributed by atoms with van der Waals surface area (Å²) in [6, 6.07) is 10.3. The largest absolute Gasteiger partial charge is 0.423 e. The Hall–Kier alpha value is -4.20. The van der Waals surface area contributed by atoms with Gasteiger partial charge in [-0.25, -0.2) is 14.8 Å². The average Bonchev–Trinajstić information content (AvgIpc) is 3.73. The number of pyridine rings is 1. The molecule has 54 heavy (non-hydrogen) atoms. The molecule has 4 heterocycles. The number of aryl methyl sites for hydroxylation is 1. The van der Waals surface area contributed by atoms with Crippen LogP contribution in [0.3, 0.4) is 0 Å². The molecule has 3 aromatic rings. The molecule has 0 bridgehead atoms. The number of esters is 1. The summed E-state index contributed by atoms with van der Waals surface area (Å²) in [7, 11) is 1.95. The molecule has 0 spiro atoms. The van der Waals surface area contributed by atoms with E-state index in [-0.39, 0.29) is 35.7 Å². The van der Waals surface area contributed by atoms with Crippen molar-refractivity contribution in [2.45, 2.75) is 70.7 Å². The highest BCUT2D eigenvalue weighted by atomic mass is 16.5. The van der Waals surface area contributed by atoms with Crippen molar-refractivity contribution in [3.63, 3.8) is 0 Å². The Morgan fingerprint density at radius 1 is 1.19 bits per heavy atom. The monoisotopic (exact) mass is 738 g/mol. The minimum Gasteiger partial charge on any atom is -0.423 e. The smallest absolute Gasteiger partial charge is 0.341 e. The van der Waals surface area contributed by atoms with Crippen molar-refractivity contribution >= 4 is 34.7 Å². The Kier molecular flexibility index (Phi) is 10.9. The van der Waals surface area contributed by atoms with Gasteiger partial charge in [0.1, 0.15) is 11.6 Å². The molecule has 0 radical (unpaired) electrons. The van der Waals surface area contributed by atoms with Crippen LogP contribution in [0.1, 0.15) is 52.0 Å². The van der Waals surface area contributed by atoms with Gasteiger partial charge in [0.15, 0.2) is 5.78 Å². The first kappa shape index (κ1) is 38.1. The number of benzene rings is 1. The number of aliphatic hydroxyl groups is 2. The lowest BCUT2D eigenvalue weighted by Gasteiger charge is -2.62. The second-order valence-corrected chi connectivity index (χ2v) is 16.2. The number of carbonyl (C=O) groups excluding carboxylic acids is 2. The zero-order valence-corrected chi connectivity index (χ0v) is 31.8. The molecule has 1 saturated heterocycles. The summed E-state index contributed by atoms with van der Waals surface area (Å²) in [5.41, 5.74) is 3.00. The lowest BCUT2D eigenvalue weighted by Crippen LogP contribution is -2.62. The van der Waals surface area contributed by atoms with Crippen LogP contribution in [0.2, 0.25) is 0 Å². The van der Waals surface area contributed by atoms with Gasteiger partial charge in [0.05, 0.1) is 67.5 Å². The van der Waals surface area contributed by atoms with Crippen LogP contribution in [0.5, 0.6) is 0 Å². The molecule has 12 heteroatoms. The van der Waals surface area contributed by atoms with Gasteiger partial charge in [-0.1, -0.05) is 38.1 Å². The molecule has 2 aromatic heterocycles. The highest BCUT2D eigenvalue weighted by molar-refractivity contribution is 5.96. The van der Waals surface area contributed by atoms with Gasteiger partial charge in [-0.05, 0) is 91.8 Å². The Morgan fingerprint density at radius 3 is 2.72 bits per heavy atom. The number of rotatable bonds is 12. The topological polar surface area (TPSA) is 151 Å². The van der Waals surface area contributed by atoms with Crippen LogP contribution in [-0.2, 0) is 26.1 Å². The number of Topliss-reactive ketones (excluding diaryl/α,β-unsaturated/α-hetero) is 1. The van der Waals surface area contributed by atoms with Crippen molar-refractivity contribution in [2.75, 3.05) is 44.8 Å². The molecule has 2 saturated carbocycles. The Bertz CT molecular complexity index is 1940. The number of imidazole rings is 1. The van der Waals surface area contributed by atoms with Gasteiger partial charge in [-0.3, -0.25) is 9.69 Å². The van der Waals surface area contributed by atoms with E-state index in [1.807, 2.05) is 74.0 Å². The van der Waals surface area contributed by atoms with Crippen molar-refractivity contribution in [1.82, 2.24) is 24.8 Å². The third-order valence-corrected chi connectivity index (χ3v) is 12.9. The third-order valence-electron chi connectivity index (χ3n) is 12.9. The number of nitrogens with one attached hydrogen (secondary N) is 2. The van der Waals surface area contributed by atoms with Crippen LogP contribution < -0.4 is 10.6 Å². The van der Waals surface area contributed by atoms with Gasteiger partial charge in [0.2, 0.25) is 0 Å². The van der Waals surface area contributed by atoms with Crippen LogP contribution in [0.4, 0.5) is 5.82 Å². The summed E-state index contributed by atoms with van der Waals surface area (Å²) >= 11 is 0. The minimum absolute atomic E-state index is 0.0956. The number of fused-ring (bicyclic) bond motifs is 2. The highest BCUT2D eigenvalue weighted by Gasteiger charge is 2.60. The molecule has 1 aromatic carbocycles. The van der Waals surface area contributed by atoms with E-state index in [0.29, 0.717) is 56.2 Å². The zero-order valence-electron chi connectivity index (χ0n) is 31.8. The number of ether oxygens (including phenoxy) is 2. The van der Waals surface area contributed by atoms with Crippen molar-refractivity contribution in [1.29, 1.82) is 0 Å². The Balaban J connectivity index is 1.21. The van der Waals surface area contributed by atoms with Crippen LogP contribution in [0.25, 0.3) is 17.1 Å². The molecule has 5 unspecified atom stereocenters. The molecule has 7 rings (SSSR count). The predicted octanol–water partition coefficient (Wildman–Crippen LogP) is 4.26. The number of nitrogens with zero attached hydrogens (tertiary/aromatic N) is 4. The summed E-state index contributed by atoms with van der Waals surface area (Å²) in [5.74, 6) is 0.443. The number of aromatic nitrogens is 3. The number of cyclic esters (lactones) is 1. The first-order chi connectivity index (χ1) is 25.9. The maximum Gasteiger partial charge on any atom is 0.341 e. The number of aliphatic hydroxyl groups excluding tert-OH is 2. The summed E-state index contributed by atoms with van der Waals surface area (Å²) < 4.78 is 13.3. The van der Waals surface area contributed by atoms with Gasteiger partial charge >= 0.3 is 5.97 Å².